The Labute approximate surface area is 125 Å². The molecule has 3 rings (SSSR count). The van der Waals surface area contributed by atoms with E-state index in [0.717, 1.165) is 41.7 Å². The van der Waals surface area contributed by atoms with E-state index in [0.29, 0.717) is 12.5 Å². The van der Waals surface area contributed by atoms with Crippen molar-refractivity contribution in [3.05, 3.63) is 35.1 Å². The van der Waals surface area contributed by atoms with Gasteiger partial charge in [0.25, 0.3) is 0 Å². The van der Waals surface area contributed by atoms with Gasteiger partial charge in [0.1, 0.15) is 5.58 Å². The molecule has 1 fully saturated rings. The van der Waals surface area contributed by atoms with Crippen molar-refractivity contribution in [2.45, 2.75) is 33.2 Å². The van der Waals surface area contributed by atoms with Crippen LogP contribution in [-0.2, 0) is 11.2 Å². The molecule has 2 aromatic rings. The van der Waals surface area contributed by atoms with Gasteiger partial charge in [-0.25, -0.2) is 0 Å². The van der Waals surface area contributed by atoms with Crippen LogP contribution in [0.25, 0.3) is 11.0 Å². The molecule has 1 aliphatic rings. The molecular weight excluding hydrogens is 264 g/mol. The molecule has 0 spiro atoms. The van der Waals surface area contributed by atoms with Crippen molar-refractivity contribution < 1.29 is 9.21 Å². The normalized spacial score (nSPS) is 19.2. The van der Waals surface area contributed by atoms with Crippen molar-refractivity contribution in [1.82, 2.24) is 10.2 Å². The highest BCUT2D eigenvalue weighted by Crippen LogP contribution is 2.27. The van der Waals surface area contributed by atoms with Crippen molar-refractivity contribution in [3.8, 4) is 0 Å². The van der Waals surface area contributed by atoms with Crippen LogP contribution in [0.2, 0.25) is 0 Å². The molecule has 1 aromatic heterocycles. The number of hydrogen-bond donors (Lipinski definition) is 1. The summed E-state index contributed by atoms with van der Waals surface area (Å²) in [5.74, 6) is 0.185. The van der Waals surface area contributed by atoms with Crippen LogP contribution >= 0.6 is 0 Å². The third-order valence-corrected chi connectivity index (χ3v) is 4.40. The summed E-state index contributed by atoms with van der Waals surface area (Å²) in [4.78, 5) is 14.4. The highest BCUT2D eigenvalue weighted by molar-refractivity contribution is 5.89. The molecule has 1 amide bonds. The summed E-state index contributed by atoms with van der Waals surface area (Å²) < 4.78 is 5.69. The van der Waals surface area contributed by atoms with Gasteiger partial charge >= 0.3 is 0 Å². The lowest BCUT2D eigenvalue weighted by Crippen LogP contribution is -2.51. The van der Waals surface area contributed by atoms with E-state index in [4.69, 9.17) is 4.42 Å². The average Bonchev–Trinajstić information content (AvgIpc) is 2.86. The highest BCUT2D eigenvalue weighted by atomic mass is 16.3. The summed E-state index contributed by atoms with van der Waals surface area (Å²) in [6.07, 6.45) is 2.16. The second-order valence-electron chi connectivity index (χ2n) is 6.02. The van der Waals surface area contributed by atoms with Gasteiger partial charge in [0.15, 0.2) is 0 Å². The van der Waals surface area contributed by atoms with Gasteiger partial charge in [0.05, 0.1) is 12.7 Å². The zero-order valence-corrected chi connectivity index (χ0v) is 12.9. The summed E-state index contributed by atoms with van der Waals surface area (Å²) in [6, 6.07) is 4.52. The van der Waals surface area contributed by atoms with Gasteiger partial charge in [-0.05, 0) is 31.9 Å². The third kappa shape index (κ3) is 2.68. The maximum absolute atomic E-state index is 12.5. The van der Waals surface area contributed by atoms with E-state index in [1.165, 1.54) is 5.56 Å². The van der Waals surface area contributed by atoms with Crippen molar-refractivity contribution in [2.24, 2.45) is 0 Å². The topological polar surface area (TPSA) is 45.5 Å². The van der Waals surface area contributed by atoms with Crippen molar-refractivity contribution in [1.29, 1.82) is 0 Å². The summed E-state index contributed by atoms with van der Waals surface area (Å²) in [5, 5.41) is 4.42. The largest absolute Gasteiger partial charge is 0.464 e. The monoisotopic (exact) mass is 286 g/mol. The number of aryl methyl sites for hydroxylation is 2. The van der Waals surface area contributed by atoms with Crippen LogP contribution in [-0.4, -0.2) is 36.5 Å². The van der Waals surface area contributed by atoms with E-state index >= 15 is 0 Å². The van der Waals surface area contributed by atoms with Gasteiger partial charge < -0.3 is 14.6 Å². The number of benzene rings is 1. The van der Waals surface area contributed by atoms with Crippen LogP contribution in [0.5, 0.6) is 0 Å². The van der Waals surface area contributed by atoms with E-state index in [1.807, 2.05) is 4.90 Å². The number of fused-ring (bicyclic) bond motifs is 1. The Hall–Kier alpha value is -1.81. The maximum atomic E-state index is 12.5. The van der Waals surface area contributed by atoms with Gasteiger partial charge in [-0.1, -0.05) is 12.1 Å². The molecule has 4 heteroatoms. The van der Waals surface area contributed by atoms with Crippen LogP contribution in [0.3, 0.4) is 0 Å². The second-order valence-corrected chi connectivity index (χ2v) is 6.02. The van der Waals surface area contributed by atoms with Crippen molar-refractivity contribution >= 4 is 16.9 Å². The molecule has 4 nitrogen and oxygen atoms in total. The molecule has 0 bridgehead atoms. The number of carbonyl (C=O) groups excluding carboxylic acids is 1. The Balaban J connectivity index is 1.82. The Morgan fingerprint density at radius 3 is 3.00 bits per heavy atom. The zero-order valence-electron chi connectivity index (χ0n) is 12.9. The Bertz CT molecular complexity index is 675. The van der Waals surface area contributed by atoms with Crippen LogP contribution in [0.1, 0.15) is 23.6 Å². The Morgan fingerprint density at radius 1 is 1.43 bits per heavy atom. The molecule has 21 heavy (non-hydrogen) atoms. The van der Waals surface area contributed by atoms with E-state index in [9.17, 15) is 4.79 Å². The number of amides is 1. The molecule has 1 N–H and O–H groups in total. The number of carbonyl (C=O) groups is 1. The van der Waals surface area contributed by atoms with Gasteiger partial charge in [0, 0.05) is 36.6 Å². The first-order chi connectivity index (χ1) is 10.1. The SMILES string of the molecule is Cc1ccc2c(CC(=O)N3CCNC(C)C3)coc2c1C. The van der Waals surface area contributed by atoms with Gasteiger partial charge in [-0.15, -0.1) is 0 Å². The molecule has 0 saturated carbocycles. The molecule has 1 unspecified atom stereocenters. The molecule has 1 aliphatic heterocycles. The third-order valence-electron chi connectivity index (χ3n) is 4.40. The molecule has 1 saturated heterocycles. The summed E-state index contributed by atoms with van der Waals surface area (Å²) in [6.45, 7) is 8.69. The predicted octanol–water partition coefficient (Wildman–Crippen LogP) is 2.41. The van der Waals surface area contributed by atoms with Crippen LogP contribution in [0.15, 0.2) is 22.8 Å². The maximum Gasteiger partial charge on any atom is 0.227 e. The molecule has 1 atom stereocenters. The summed E-state index contributed by atoms with van der Waals surface area (Å²) >= 11 is 0. The van der Waals surface area contributed by atoms with Gasteiger partial charge in [0.2, 0.25) is 5.91 Å². The lowest BCUT2D eigenvalue weighted by Gasteiger charge is -2.31. The fourth-order valence-corrected chi connectivity index (χ4v) is 2.96. The van der Waals surface area contributed by atoms with E-state index in [-0.39, 0.29) is 5.91 Å². The van der Waals surface area contributed by atoms with E-state index in [1.54, 1.807) is 6.26 Å². The Morgan fingerprint density at radius 2 is 2.24 bits per heavy atom. The van der Waals surface area contributed by atoms with Crippen LogP contribution in [0, 0.1) is 13.8 Å². The number of furan rings is 1. The fourth-order valence-electron chi connectivity index (χ4n) is 2.96. The van der Waals surface area contributed by atoms with Crippen LogP contribution in [0.4, 0.5) is 0 Å². The first-order valence-electron chi connectivity index (χ1n) is 7.53. The number of piperazine rings is 1. The second kappa shape index (κ2) is 5.53. The zero-order chi connectivity index (χ0) is 15.0. The number of rotatable bonds is 2. The van der Waals surface area contributed by atoms with Gasteiger partial charge in [-0.3, -0.25) is 4.79 Å². The number of nitrogens with one attached hydrogen (secondary N) is 1. The molecule has 112 valence electrons. The Kier molecular flexibility index (Phi) is 3.72. The lowest BCUT2D eigenvalue weighted by molar-refractivity contribution is -0.131. The summed E-state index contributed by atoms with van der Waals surface area (Å²) in [7, 11) is 0. The quantitative estimate of drug-likeness (QED) is 0.922. The highest BCUT2D eigenvalue weighted by Gasteiger charge is 2.22. The first kappa shape index (κ1) is 14.1. The molecular formula is C17H22N2O2. The van der Waals surface area contributed by atoms with Crippen molar-refractivity contribution in [2.75, 3.05) is 19.6 Å². The minimum atomic E-state index is 0.185. The van der Waals surface area contributed by atoms with Crippen LogP contribution < -0.4 is 5.32 Å². The minimum absolute atomic E-state index is 0.185. The van der Waals surface area contributed by atoms with E-state index < -0.39 is 0 Å². The smallest absolute Gasteiger partial charge is 0.227 e. The fraction of sp³-hybridized carbons (Fsp3) is 0.471. The molecule has 0 aliphatic carbocycles. The summed E-state index contributed by atoms with van der Waals surface area (Å²) in [5.41, 5.74) is 4.27. The lowest BCUT2D eigenvalue weighted by atomic mass is 10.0. The molecule has 2 heterocycles. The average molecular weight is 286 g/mol. The first-order valence-corrected chi connectivity index (χ1v) is 7.53. The molecule has 0 radical (unpaired) electrons. The minimum Gasteiger partial charge on any atom is -0.464 e. The molecule has 1 aromatic carbocycles. The van der Waals surface area contributed by atoms with Gasteiger partial charge in [-0.2, -0.15) is 0 Å². The number of hydrogen-bond acceptors (Lipinski definition) is 3. The number of nitrogens with zero attached hydrogens (tertiary/aromatic N) is 1. The van der Waals surface area contributed by atoms with Crippen molar-refractivity contribution in [3.63, 3.8) is 0 Å². The van der Waals surface area contributed by atoms with E-state index in [2.05, 4.69) is 38.2 Å². The standard InChI is InChI=1S/C17H22N2O2/c1-11-4-5-15-14(10-21-17(15)13(11)3)8-16(20)19-7-6-18-12(2)9-19/h4-5,10,12,18H,6-9H2,1-3H3. The predicted molar refractivity (Wildman–Crippen MR) is 83.4 cm³/mol.